The molecule has 2 aromatic heterocycles. The molecule has 1 aliphatic carbocycles. The first-order chi connectivity index (χ1) is 11.6. The number of anilines is 1. The molecule has 0 radical (unpaired) electrons. The van der Waals surface area contributed by atoms with E-state index in [1.54, 1.807) is 12.1 Å². The summed E-state index contributed by atoms with van der Waals surface area (Å²) in [6, 6.07) is 5.09. The van der Waals surface area contributed by atoms with E-state index in [4.69, 9.17) is 10.2 Å². The maximum Gasteiger partial charge on any atom is 0.290 e. The molecule has 0 aliphatic heterocycles. The minimum absolute atomic E-state index is 0.0404. The van der Waals surface area contributed by atoms with Crippen molar-refractivity contribution < 1.29 is 9.21 Å². The maximum atomic E-state index is 12.3. The Labute approximate surface area is 139 Å². The minimum Gasteiger partial charge on any atom is -0.463 e. The summed E-state index contributed by atoms with van der Waals surface area (Å²) < 4.78 is 6.37. The van der Waals surface area contributed by atoms with Crippen LogP contribution in [-0.2, 0) is 11.3 Å². The SMILES string of the molecule is Nc1cc(-c2ccco2)nn(CC(=O)NC2CCCCCC2)c1=O. The molecule has 7 heteroatoms. The lowest BCUT2D eigenvalue weighted by molar-refractivity contribution is -0.122. The molecule has 0 aromatic carbocycles. The lowest BCUT2D eigenvalue weighted by Crippen LogP contribution is -2.39. The molecule has 0 bridgehead atoms. The Morgan fingerprint density at radius 3 is 2.75 bits per heavy atom. The second kappa shape index (κ2) is 7.33. The Kier molecular flexibility index (Phi) is 4.98. The smallest absolute Gasteiger partial charge is 0.290 e. The maximum absolute atomic E-state index is 12.3. The molecule has 2 aromatic rings. The van der Waals surface area contributed by atoms with Crippen LogP contribution in [0.4, 0.5) is 5.69 Å². The molecule has 0 saturated heterocycles. The molecule has 128 valence electrons. The average molecular weight is 330 g/mol. The van der Waals surface area contributed by atoms with Crippen LogP contribution in [0.5, 0.6) is 0 Å². The van der Waals surface area contributed by atoms with Crippen molar-refractivity contribution in [1.82, 2.24) is 15.1 Å². The van der Waals surface area contributed by atoms with Gasteiger partial charge in [0.2, 0.25) is 5.91 Å². The van der Waals surface area contributed by atoms with Crippen LogP contribution in [0.25, 0.3) is 11.5 Å². The van der Waals surface area contributed by atoms with E-state index in [2.05, 4.69) is 10.4 Å². The van der Waals surface area contributed by atoms with Crippen molar-refractivity contribution in [3.63, 3.8) is 0 Å². The highest BCUT2D eigenvalue weighted by atomic mass is 16.3. The van der Waals surface area contributed by atoms with E-state index in [-0.39, 0.29) is 24.2 Å². The molecule has 24 heavy (non-hydrogen) atoms. The number of nitrogens with two attached hydrogens (primary N) is 1. The van der Waals surface area contributed by atoms with E-state index in [1.807, 2.05) is 0 Å². The fourth-order valence-corrected chi connectivity index (χ4v) is 3.05. The van der Waals surface area contributed by atoms with Gasteiger partial charge < -0.3 is 15.5 Å². The minimum atomic E-state index is -0.471. The first kappa shape index (κ1) is 16.3. The van der Waals surface area contributed by atoms with Crippen molar-refractivity contribution in [2.24, 2.45) is 0 Å². The summed E-state index contributed by atoms with van der Waals surface area (Å²) in [7, 11) is 0. The molecular formula is C17H22N4O3. The van der Waals surface area contributed by atoms with E-state index in [9.17, 15) is 9.59 Å². The Morgan fingerprint density at radius 2 is 2.08 bits per heavy atom. The number of nitrogens with zero attached hydrogens (tertiary/aromatic N) is 2. The number of hydrogen-bond donors (Lipinski definition) is 2. The predicted molar refractivity (Wildman–Crippen MR) is 90.2 cm³/mol. The van der Waals surface area contributed by atoms with Crippen LogP contribution >= 0.6 is 0 Å². The molecule has 1 saturated carbocycles. The Balaban J connectivity index is 1.74. The molecule has 3 N–H and O–H groups in total. The van der Waals surface area contributed by atoms with Crippen molar-refractivity contribution in [1.29, 1.82) is 0 Å². The van der Waals surface area contributed by atoms with Gasteiger partial charge in [-0.3, -0.25) is 9.59 Å². The van der Waals surface area contributed by atoms with Crippen LogP contribution in [0.1, 0.15) is 38.5 Å². The number of amides is 1. The van der Waals surface area contributed by atoms with Crippen molar-refractivity contribution in [3.8, 4) is 11.5 Å². The van der Waals surface area contributed by atoms with E-state index in [0.717, 1.165) is 30.4 Å². The summed E-state index contributed by atoms with van der Waals surface area (Å²) in [6.07, 6.45) is 8.19. The van der Waals surface area contributed by atoms with Gasteiger partial charge in [0.05, 0.1) is 6.26 Å². The second-order valence-corrected chi connectivity index (χ2v) is 6.18. The molecule has 7 nitrogen and oxygen atoms in total. The number of aromatic nitrogens is 2. The van der Waals surface area contributed by atoms with Crippen LogP contribution in [-0.4, -0.2) is 21.7 Å². The normalized spacial score (nSPS) is 15.8. The van der Waals surface area contributed by atoms with Gasteiger partial charge in [0.1, 0.15) is 17.9 Å². The monoisotopic (exact) mass is 330 g/mol. The zero-order valence-corrected chi connectivity index (χ0v) is 13.5. The molecule has 3 rings (SSSR count). The number of carbonyl (C=O) groups excluding carboxylic acids is 1. The summed E-state index contributed by atoms with van der Waals surface area (Å²) in [5.41, 5.74) is 5.76. The van der Waals surface area contributed by atoms with Gasteiger partial charge in [-0.2, -0.15) is 5.10 Å². The third-order valence-corrected chi connectivity index (χ3v) is 4.29. The standard InChI is InChI=1S/C17H22N4O3/c18-13-10-14(15-8-5-9-24-15)20-21(17(13)23)11-16(22)19-12-6-3-1-2-4-7-12/h5,8-10,12H,1-4,6-7,11,18H2,(H,19,22). The summed E-state index contributed by atoms with van der Waals surface area (Å²) in [5, 5.41) is 7.20. The van der Waals surface area contributed by atoms with Crippen molar-refractivity contribution >= 4 is 11.6 Å². The third-order valence-electron chi connectivity index (χ3n) is 4.29. The summed E-state index contributed by atoms with van der Waals surface area (Å²) in [4.78, 5) is 24.4. The van der Waals surface area contributed by atoms with E-state index >= 15 is 0 Å². The van der Waals surface area contributed by atoms with Gasteiger partial charge >= 0.3 is 0 Å². The van der Waals surface area contributed by atoms with E-state index < -0.39 is 5.56 Å². The van der Waals surface area contributed by atoms with Crippen LogP contribution < -0.4 is 16.6 Å². The number of nitrogens with one attached hydrogen (secondary N) is 1. The first-order valence-corrected chi connectivity index (χ1v) is 8.34. The third kappa shape index (κ3) is 3.84. The van der Waals surface area contributed by atoms with Crippen LogP contribution in [0.15, 0.2) is 33.7 Å². The molecule has 1 fully saturated rings. The van der Waals surface area contributed by atoms with Gasteiger partial charge in [0, 0.05) is 6.04 Å². The van der Waals surface area contributed by atoms with Crippen LogP contribution in [0.3, 0.4) is 0 Å². The predicted octanol–water partition coefficient (Wildman–Crippen LogP) is 1.92. The van der Waals surface area contributed by atoms with Gasteiger partial charge in [0.15, 0.2) is 5.76 Å². The number of carbonyl (C=O) groups is 1. The number of rotatable bonds is 4. The molecule has 1 aliphatic rings. The molecular weight excluding hydrogens is 308 g/mol. The lowest BCUT2D eigenvalue weighted by atomic mass is 10.1. The largest absolute Gasteiger partial charge is 0.463 e. The second-order valence-electron chi connectivity index (χ2n) is 6.18. The summed E-state index contributed by atoms with van der Waals surface area (Å²) in [6.45, 7) is -0.145. The Hall–Kier alpha value is -2.57. The van der Waals surface area contributed by atoms with Gasteiger partial charge in [-0.15, -0.1) is 0 Å². The van der Waals surface area contributed by atoms with Crippen LogP contribution in [0.2, 0.25) is 0 Å². The highest BCUT2D eigenvalue weighted by molar-refractivity contribution is 5.76. The average Bonchev–Trinajstić information content (AvgIpc) is 2.97. The fourth-order valence-electron chi connectivity index (χ4n) is 3.05. The zero-order valence-electron chi connectivity index (χ0n) is 13.5. The number of furan rings is 1. The molecule has 2 heterocycles. The highest BCUT2D eigenvalue weighted by Gasteiger charge is 2.17. The van der Waals surface area contributed by atoms with Gasteiger partial charge in [-0.1, -0.05) is 25.7 Å². The van der Waals surface area contributed by atoms with Gasteiger partial charge in [-0.25, -0.2) is 4.68 Å². The lowest BCUT2D eigenvalue weighted by Gasteiger charge is -2.16. The van der Waals surface area contributed by atoms with Crippen LogP contribution in [0, 0.1) is 0 Å². The molecule has 1 amide bonds. The Morgan fingerprint density at radius 1 is 1.33 bits per heavy atom. The first-order valence-electron chi connectivity index (χ1n) is 8.34. The fraction of sp³-hybridized carbons (Fsp3) is 0.471. The van der Waals surface area contributed by atoms with Crippen molar-refractivity contribution in [3.05, 3.63) is 34.8 Å². The number of hydrogen-bond acceptors (Lipinski definition) is 5. The summed E-state index contributed by atoms with van der Waals surface area (Å²) >= 11 is 0. The number of nitrogen functional groups attached to an aromatic ring is 1. The Bertz CT molecular complexity index is 744. The molecule has 0 spiro atoms. The summed E-state index contributed by atoms with van der Waals surface area (Å²) in [5.74, 6) is 0.284. The van der Waals surface area contributed by atoms with Gasteiger partial charge in [0.25, 0.3) is 5.56 Å². The zero-order chi connectivity index (χ0) is 16.9. The highest BCUT2D eigenvalue weighted by Crippen LogP contribution is 2.18. The van der Waals surface area contributed by atoms with Crippen molar-refractivity contribution in [2.45, 2.75) is 51.1 Å². The quantitative estimate of drug-likeness (QED) is 0.834. The van der Waals surface area contributed by atoms with Crippen molar-refractivity contribution in [2.75, 3.05) is 5.73 Å². The van der Waals surface area contributed by atoms with E-state index in [1.165, 1.54) is 25.2 Å². The topological polar surface area (TPSA) is 103 Å². The molecule has 0 unspecified atom stereocenters. The van der Waals surface area contributed by atoms with Gasteiger partial charge in [-0.05, 0) is 31.0 Å². The van der Waals surface area contributed by atoms with E-state index in [0.29, 0.717) is 11.5 Å². The molecule has 0 atom stereocenters.